The van der Waals surface area contributed by atoms with Gasteiger partial charge in [0.05, 0.1) is 23.8 Å². The summed E-state index contributed by atoms with van der Waals surface area (Å²) in [6, 6.07) is 10.8. The van der Waals surface area contributed by atoms with E-state index in [0.29, 0.717) is 18.8 Å². The predicted molar refractivity (Wildman–Crippen MR) is 92.3 cm³/mol. The van der Waals surface area contributed by atoms with Crippen LogP contribution in [-0.2, 0) is 16.6 Å². The molecule has 0 aromatic heterocycles. The van der Waals surface area contributed by atoms with Crippen LogP contribution in [0, 0.1) is 10.1 Å². The number of methoxy groups -OCH3 is 1. The Labute approximate surface area is 145 Å². The molecule has 2 aromatic rings. The first kappa shape index (κ1) is 17.2. The largest absolute Gasteiger partial charge is 0.497 e. The van der Waals surface area contributed by atoms with Crippen molar-refractivity contribution in [3.63, 3.8) is 0 Å². The van der Waals surface area contributed by atoms with Gasteiger partial charge in [0.2, 0.25) is 0 Å². The Bertz CT molecular complexity index is 914. The summed E-state index contributed by atoms with van der Waals surface area (Å²) in [4.78, 5) is 10.3. The first-order valence-corrected chi connectivity index (χ1v) is 9.03. The number of nitro benzene ring substituents is 1. The topological polar surface area (TPSA) is 102 Å². The van der Waals surface area contributed by atoms with Crippen molar-refractivity contribution in [1.29, 1.82) is 0 Å². The maximum absolute atomic E-state index is 13.2. The average molecular weight is 363 g/mol. The smallest absolute Gasteiger partial charge is 0.293 e. The number of fused-ring (bicyclic) bond motifs is 1. The van der Waals surface area contributed by atoms with Gasteiger partial charge in [0.15, 0.2) is 4.90 Å². The monoisotopic (exact) mass is 363 g/mol. The number of ether oxygens (including phenoxy) is 1. The van der Waals surface area contributed by atoms with Crippen LogP contribution in [0.4, 0.5) is 11.4 Å². The Balaban J connectivity index is 2.16. The lowest BCUT2D eigenvalue weighted by molar-refractivity contribution is -0.387. The Kier molecular flexibility index (Phi) is 4.60. The molecule has 25 heavy (non-hydrogen) atoms. The van der Waals surface area contributed by atoms with Gasteiger partial charge in [-0.25, -0.2) is 8.42 Å². The van der Waals surface area contributed by atoms with E-state index in [-0.39, 0.29) is 17.2 Å². The van der Waals surface area contributed by atoms with Crippen LogP contribution >= 0.6 is 0 Å². The maximum atomic E-state index is 13.2. The minimum Gasteiger partial charge on any atom is -0.497 e. The van der Waals surface area contributed by atoms with Crippen molar-refractivity contribution in [2.24, 2.45) is 0 Å². The van der Waals surface area contributed by atoms with Crippen LogP contribution in [0.15, 0.2) is 47.4 Å². The summed E-state index contributed by atoms with van der Waals surface area (Å²) in [7, 11) is -2.74. The van der Waals surface area contributed by atoms with Gasteiger partial charge in [-0.2, -0.15) is 0 Å². The number of nitro groups is 1. The number of nitrogens with zero attached hydrogens (tertiary/aromatic N) is 2. The first-order valence-electron chi connectivity index (χ1n) is 7.59. The van der Waals surface area contributed by atoms with Crippen molar-refractivity contribution >= 4 is 21.4 Å². The van der Waals surface area contributed by atoms with Gasteiger partial charge in [-0.1, -0.05) is 18.2 Å². The molecule has 0 atom stereocenters. The lowest BCUT2D eigenvalue weighted by Crippen LogP contribution is -2.35. The molecule has 0 aliphatic carbocycles. The van der Waals surface area contributed by atoms with Crippen molar-refractivity contribution in [3.05, 3.63) is 58.1 Å². The first-order chi connectivity index (χ1) is 11.9. The van der Waals surface area contributed by atoms with Gasteiger partial charge in [-0.05, 0) is 23.8 Å². The van der Waals surface area contributed by atoms with Gasteiger partial charge in [-0.3, -0.25) is 14.4 Å². The summed E-state index contributed by atoms with van der Waals surface area (Å²) < 4.78 is 32.6. The molecule has 0 radical (unpaired) electrons. The molecule has 3 rings (SSSR count). The van der Waals surface area contributed by atoms with Gasteiger partial charge in [0, 0.05) is 19.6 Å². The van der Waals surface area contributed by atoms with Gasteiger partial charge in [-0.15, -0.1) is 0 Å². The van der Waals surface area contributed by atoms with E-state index in [4.69, 9.17) is 4.74 Å². The zero-order valence-corrected chi connectivity index (χ0v) is 14.3. The van der Waals surface area contributed by atoms with Gasteiger partial charge in [0.25, 0.3) is 15.7 Å². The number of rotatable bonds is 4. The van der Waals surface area contributed by atoms with E-state index in [2.05, 4.69) is 5.32 Å². The van der Waals surface area contributed by atoms with Crippen molar-refractivity contribution in [2.45, 2.75) is 11.4 Å². The quantitative estimate of drug-likeness (QED) is 0.658. The summed E-state index contributed by atoms with van der Waals surface area (Å²) >= 11 is 0. The highest BCUT2D eigenvalue weighted by molar-refractivity contribution is 7.93. The third kappa shape index (κ3) is 3.15. The molecule has 0 fully saturated rings. The number of anilines is 1. The second-order valence-electron chi connectivity index (χ2n) is 5.47. The van der Waals surface area contributed by atoms with Gasteiger partial charge < -0.3 is 10.1 Å². The molecule has 132 valence electrons. The normalized spacial score (nSPS) is 14.5. The Morgan fingerprint density at radius 3 is 2.72 bits per heavy atom. The fraction of sp³-hybridized carbons (Fsp3) is 0.250. The standard InChI is InChI=1S/C16H17N3O5S/c1-24-13-6-7-16(15(10-13)19(20)21)25(22,23)18-9-8-17-11-12-4-2-3-5-14(12)18/h2-7,10,17H,8-9,11H2,1H3. The molecule has 1 heterocycles. The Morgan fingerprint density at radius 2 is 2.00 bits per heavy atom. The minimum atomic E-state index is -4.10. The number of hydrogen-bond donors (Lipinski definition) is 1. The van der Waals surface area contributed by atoms with Gasteiger partial charge >= 0.3 is 0 Å². The summed E-state index contributed by atoms with van der Waals surface area (Å²) in [5.74, 6) is 0.226. The molecule has 0 spiro atoms. The highest BCUT2D eigenvalue weighted by Gasteiger charge is 2.33. The lowest BCUT2D eigenvalue weighted by Gasteiger charge is -2.24. The van der Waals surface area contributed by atoms with Crippen molar-refractivity contribution in [1.82, 2.24) is 5.32 Å². The molecular formula is C16H17N3O5S. The molecule has 0 unspecified atom stereocenters. The van der Waals surface area contributed by atoms with Crippen LogP contribution in [-0.4, -0.2) is 33.5 Å². The molecular weight excluding hydrogens is 346 g/mol. The van der Waals surface area contributed by atoms with Crippen LogP contribution in [0.1, 0.15) is 5.56 Å². The number of nitrogens with one attached hydrogen (secondary N) is 1. The third-order valence-electron chi connectivity index (χ3n) is 4.00. The van der Waals surface area contributed by atoms with Crippen LogP contribution < -0.4 is 14.4 Å². The zero-order chi connectivity index (χ0) is 18.0. The number of para-hydroxylation sites is 1. The van der Waals surface area contributed by atoms with Crippen molar-refractivity contribution in [3.8, 4) is 5.75 Å². The highest BCUT2D eigenvalue weighted by atomic mass is 32.2. The van der Waals surface area contributed by atoms with Crippen LogP contribution in [0.5, 0.6) is 5.75 Å². The van der Waals surface area contributed by atoms with Crippen LogP contribution in [0.25, 0.3) is 0 Å². The molecule has 1 N–H and O–H groups in total. The Morgan fingerprint density at radius 1 is 1.24 bits per heavy atom. The molecule has 8 nitrogen and oxygen atoms in total. The molecule has 1 aliphatic rings. The summed E-state index contributed by atoms with van der Waals surface area (Å²) in [5.41, 5.74) is 0.839. The predicted octanol–water partition coefficient (Wildman–Crippen LogP) is 1.90. The van der Waals surface area contributed by atoms with E-state index in [1.54, 1.807) is 12.1 Å². The number of sulfonamides is 1. The third-order valence-corrected chi connectivity index (χ3v) is 5.86. The lowest BCUT2D eigenvalue weighted by atomic mass is 10.2. The van der Waals surface area contributed by atoms with Crippen LogP contribution in [0.3, 0.4) is 0 Å². The molecule has 0 amide bonds. The molecule has 2 aromatic carbocycles. The highest BCUT2D eigenvalue weighted by Crippen LogP contribution is 2.34. The average Bonchev–Trinajstić information content (AvgIpc) is 2.84. The fourth-order valence-electron chi connectivity index (χ4n) is 2.78. The van der Waals surface area contributed by atoms with Crippen molar-refractivity contribution < 1.29 is 18.1 Å². The molecule has 0 saturated heterocycles. The maximum Gasteiger partial charge on any atom is 0.293 e. The second-order valence-corrected chi connectivity index (χ2v) is 7.30. The van der Waals surface area contributed by atoms with E-state index >= 15 is 0 Å². The summed E-state index contributed by atoms with van der Waals surface area (Å²) in [6.07, 6.45) is 0. The Hall–Kier alpha value is -2.65. The van der Waals surface area contributed by atoms with E-state index in [1.807, 2.05) is 12.1 Å². The fourth-order valence-corrected chi connectivity index (χ4v) is 4.42. The van der Waals surface area contributed by atoms with Gasteiger partial charge in [0.1, 0.15) is 5.75 Å². The molecule has 1 aliphatic heterocycles. The molecule has 0 saturated carbocycles. The SMILES string of the molecule is COc1ccc(S(=O)(=O)N2CCNCc3ccccc32)c([N+](=O)[O-])c1. The second kappa shape index (κ2) is 6.69. The number of hydrogen-bond acceptors (Lipinski definition) is 6. The minimum absolute atomic E-state index is 0.183. The summed E-state index contributed by atoms with van der Waals surface area (Å²) in [6.45, 7) is 1.16. The van der Waals surface area contributed by atoms with E-state index in [1.165, 1.54) is 23.5 Å². The molecule has 9 heteroatoms. The van der Waals surface area contributed by atoms with E-state index < -0.39 is 20.6 Å². The van der Waals surface area contributed by atoms with Crippen molar-refractivity contribution in [2.75, 3.05) is 24.5 Å². The van der Waals surface area contributed by atoms with E-state index in [0.717, 1.165) is 11.6 Å². The zero-order valence-electron chi connectivity index (χ0n) is 13.5. The van der Waals surface area contributed by atoms with Crippen LogP contribution in [0.2, 0.25) is 0 Å². The summed E-state index contributed by atoms with van der Waals surface area (Å²) in [5, 5.41) is 14.5. The van der Waals surface area contributed by atoms with E-state index in [9.17, 15) is 18.5 Å². The number of benzene rings is 2. The molecule has 0 bridgehead atoms.